The highest BCUT2D eigenvalue weighted by Gasteiger charge is 2.44. The van der Waals surface area contributed by atoms with Crippen LogP contribution in [0.25, 0.3) is 0 Å². The Labute approximate surface area is 152 Å². The molecule has 2 atom stereocenters. The Morgan fingerprint density at radius 3 is 2.81 bits per heavy atom. The normalized spacial score (nSPS) is 24.6. The summed E-state index contributed by atoms with van der Waals surface area (Å²) in [6.45, 7) is 0.694. The summed E-state index contributed by atoms with van der Waals surface area (Å²) in [4.78, 5) is 15.0. The van der Waals surface area contributed by atoms with Gasteiger partial charge >= 0.3 is 0 Å². The SMILES string of the molecule is CN1C[C@@H]2CC[C@@H](C(=O)NCc3ccco3)N2c2ccccc2S1(=O)=O. The lowest BCUT2D eigenvalue weighted by atomic mass is 10.2. The molecular weight excluding hydrogens is 354 g/mol. The molecule has 4 rings (SSSR count). The summed E-state index contributed by atoms with van der Waals surface area (Å²) in [7, 11) is -1.95. The summed E-state index contributed by atoms with van der Waals surface area (Å²) in [6.07, 6.45) is 3.03. The maximum Gasteiger partial charge on any atom is 0.244 e. The summed E-state index contributed by atoms with van der Waals surface area (Å²) in [5.41, 5.74) is 0.609. The smallest absolute Gasteiger partial charge is 0.244 e. The minimum absolute atomic E-state index is 0.0159. The first-order valence-electron chi connectivity index (χ1n) is 8.62. The van der Waals surface area contributed by atoms with Gasteiger partial charge in [0.2, 0.25) is 15.9 Å². The molecule has 0 bridgehead atoms. The summed E-state index contributed by atoms with van der Waals surface area (Å²) in [5, 5.41) is 2.91. The van der Waals surface area contributed by atoms with Gasteiger partial charge in [0.25, 0.3) is 0 Å². The van der Waals surface area contributed by atoms with Crippen molar-refractivity contribution in [2.45, 2.75) is 36.4 Å². The second-order valence-electron chi connectivity index (χ2n) is 6.70. The summed E-state index contributed by atoms with van der Waals surface area (Å²) >= 11 is 0. The van der Waals surface area contributed by atoms with Crippen molar-refractivity contribution < 1.29 is 17.6 Å². The molecule has 1 N–H and O–H groups in total. The molecule has 1 aromatic carbocycles. The second-order valence-corrected chi connectivity index (χ2v) is 8.72. The minimum atomic E-state index is -3.55. The van der Waals surface area contributed by atoms with Gasteiger partial charge in [-0.2, -0.15) is 4.31 Å². The Kier molecular flexibility index (Phi) is 4.24. The third-order valence-corrected chi connectivity index (χ3v) is 6.99. The number of carbonyl (C=O) groups excluding carboxylic acids is 1. The van der Waals surface area contributed by atoms with Crippen LogP contribution in [0.5, 0.6) is 0 Å². The topological polar surface area (TPSA) is 82.9 Å². The predicted octanol–water partition coefficient (Wildman–Crippen LogP) is 1.57. The monoisotopic (exact) mass is 375 g/mol. The zero-order valence-corrected chi connectivity index (χ0v) is 15.3. The molecule has 0 aliphatic carbocycles. The van der Waals surface area contributed by atoms with E-state index in [0.29, 0.717) is 31.0 Å². The number of carbonyl (C=O) groups is 1. The quantitative estimate of drug-likeness (QED) is 0.880. The molecule has 138 valence electrons. The van der Waals surface area contributed by atoms with Crippen molar-refractivity contribution in [2.24, 2.45) is 0 Å². The molecule has 3 heterocycles. The molecule has 1 saturated heterocycles. The van der Waals surface area contributed by atoms with Crippen LogP contribution in [-0.2, 0) is 21.4 Å². The highest BCUT2D eigenvalue weighted by atomic mass is 32.2. The van der Waals surface area contributed by atoms with E-state index < -0.39 is 16.1 Å². The second kappa shape index (κ2) is 6.44. The Balaban J connectivity index is 1.65. The number of furan rings is 1. The van der Waals surface area contributed by atoms with Gasteiger partial charge in [-0.25, -0.2) is 8.42 Å². The van der Waals surface area contributed by atoms with Crippen molar-refractivity contribution in [3.63, 3.8) is 0 Å². The average molecular weight is 375 g/mol. The van der Waals surface area contributed by atoms with E-state index in [2.05, 4.69) is 5.32 Å². The number of para-hydroxylation sites is 1. The largest absolute Gasteiger partial charge is 0.467 e. The van der Waals surface area contributed by atoms with Crippen molar-refractivity contribution in [2.75, 3.05) is 18.5 Å². The van der Waals surface area contributed by atoms with E-state index >= 15 is 0 Å². The maximum absolute atomic E-state index is 12.8. The maximum atomic E-state index is 12.8. The highest BCUT2D eigenvalue weighted by Crippen LogP contribution is 2.39. The fraction of sp³-hybridized carbons (Fsp3) is 0.389. The Hall–Kier alpha value is -2.32. The van der Waals surface area contributed by atoms with Crippen LogP contribution >= 0.6 is 0 Å². The molecular formula is C18H21N3O4S. The number of hydrogen-bond donors (Lipinski definition) is 1. The molecule has 2 aliphatic heterocycles. The van der Waals surface area contributed by atoms with E-state index in [9.17, 15) is 13.2 Å². The first kappa shape index (κ1) is 17.1. The van der Waals surface area contributed by atoms with Gasteiger partial charge in [0.15, 0.2) is 0 Å². The molecule has 2 aliphatic rings. The average Bonchev–Trinajstić information content (AvgIpc) is 3.27. The number of amides is 1. The van der Waals surface area contributed by atoms with Crippen LogP contribution in [0.15, 0.2) is 52.0 Å². The minimum Gasteiger partial charge on any atom is -0.467 e. The Bertz CT molecular complexity index is 910. The number of nitrogens with one attached hydrogen (secondary N) is 1. The van der Waals surface area contributed by atoms with Crippen LogP contribution in [0.2, 0.25) is 0 Å². The van der Waals surface area contributed by atoms with Crippen LogP contribution in [0.3, 0.4) is 0 Å². The van der Waals surface area contributed by atoms with Gasteiger partial charge in [0.05, 0.1) is 18.5 Å². The fourth-order valence-corrected chi connectivity index (χ4v) is 5.23. The molecule has 7 nitrogen and oxygen atoms in total. The van der Waals surface area contributed by atoms with Gasteiger partial charge < -0.3 is 14.6 Å². The standard InChI is InChI=1S/C18H21N3O4S/c1-20-12-13-8-9-16(18(22)19-11-14-5-4-10-25-14)21(13)15-6-2-3-7-17(15)26(20,23)24/h2-7,10,13,16H,8-9,11-12H2,1H3,(H,19,22)/t13-,16-/m0/s1. The van der Waals surface area contributed by atoms with Gasteiger partial charge in [0, 0.05) is 19.6 Å². The number of fused-ring (bicyclic) bond motifs is 3. The molecule has 0 saturated carbocycles. The molecule has 2 aromatic rings. The zero-order valence-electron chi connectivity index (χ0n) is 14.5. The van der Waals surface area contributed by atoms with Crippen LogP contribution in [0, 0.1) is 0 Å². The lowest BCUT2D eigenvalue weighted by Crippen LogP contribution is -2.47. The van der Waals surface area contributed by atoms with Crippen LogP contribution in [0.4, 0.5) is 5.69 Å². The number of likely N-dealkylation sites (N-methyl/N-ethyl adjacent to an activating group) is 1. The number of sulfonamides is 1. The van der Waals surface area contributed by atoms with Gasteiger partial charge in [-0.15, -0.1) is 0 Å². The summed E-state index contributed by atoms with van der Waals surface area (Å²) in [5.74, 6) is 0.576. The summed E-state index contributed by atoms with van der Waals surface area (Å²) in [6, 6.07) is 10.1. The predicted molar refractivity (Wildman–Crippen MR) is 96.1 cm³/mol. The molecule has 26 heavy (non-hydrogen) atoms. The first-order valence-corrected chi connectivity index (χ1v) is 10.1. The van der Waals surface area contributed by atoms with E-state index in [-0.39, 0.29) is 16.8 Å². The lowest BCUT2D eigenvalue weighted by Gasteiger charge is -2.30. The Morgan fingerprint density at radius 2 is 2.04 bits per heavy atom. The van der Waals surface area contributed by atoms with Crippen molar-refractivity contribution in [3.8, 4) is 0 Å². The molecule has 0 unspecified atom stereocenters. The molecule has 0 spiro atoms. The van der Waals surface area contributed by atoms with Gasteiger partial charge in [-0.05, 0) is 37.1 Å². The van der Waals surface area contributed by atoms with E-state index in [1.54, 1.807) is 43.6 Å². The van der Waals surface area contributed by atoms with Gasteiger partial charge in [-0.3, -0.25) is 4.79 Å². The van der Waals surface area contributed by atoms with E-state index in [1.807, 2.05) is 11.0 Å². The van der Waals surface area contributed by atoms with Crippen LogP contribution < -0.4 is 10.2 Å². The molecule has 1 fully saturated rings. The molecule has 1 aromatic heterocycles. The van der Waals surface area contributed by atoms with Crippen molar-refractivity contribution in [3.05, 3.63) is 48.4 Å². The Morgan fingerprint density at radius 1 is 1.23 bits per heavy atom. The van der Waals surface area contributed by atoms with Crippen molar-refractivity contribution in [1.29, 1.82) is 0 Å². The third-order valence-electron chi connectivity index (χ3n) is 5.12. The molecule has 0 radical (unpaired) electrons. The number of benzene rings is 1. The number of anilines is 1. The zero-order chi connectivity index (χ0) is 18.3. The van der Waals surface area contributed by atoms with Crippen LogP contribution in [-0.4, -0.2) is 44.3 Å². The van der Waals surface area contributed by atoms with E-state index in [4.69, 9.17) is 4.42 Å². The fourth-order valence-electron chi connectivity index (χ4n) is 3.84. The van der Waals surface area contributed by atoms with Crippen LogP contribution in [0.1, 0.15) is 18.6 Å². The molecule has 1 amide bonds. The molecule has 8 heteroatoms. The lowest BCUT2D eigenvalue weighted by molar-refractivity contribution is -0.122. The third kappa shape index (κ3) is 2.79. The first-order chi connectivity index (χ1) is 12.5. The van der Waals surface area contributed by atoms with Gasteiger partial charge in [-0.1, -0.05) is 12.1 Å². The van der Waals surface area contributed by atoms with E-state index in [1.165, 1.54) is 4.31 Å². The van der Waals surface area contributed by atoms with Crippen molar-refractivity contribution in [1.82, 2.24) is 9.62 Å². The van der Waals surface area contributed by atoms with Crippen molar-refractivity contribution >= 4 is 21.6 Å². The van der Waals surface area contributed by atoms with Gasteiger partial charge in [0.1, 0.15) is 16.7 Å². The van der Waals surface area contributed by atoms with E-state index in [0.717, 1.165) is 6.42 Å². The number of nitrogens with zero attached hydrogens (tertiary/aromatic N) is 2. The summed E-state index contributed by atoms with van der Waals surface area (Å²) < 4.78 is 32.2. The number of hydrogen-bond acceptors (Lipinski definition) is 5. The number of rotatable bonds is 3. The highest BCUT2D eigenvalue weighted by molar-refractivity contribution is 7.89.